The quantitative estimate of drug-likeness (QED) is 0.155. The summed E-state index contributed by atoms with van der Waals surface area (Å²) in [6.45, 7) is 11.9. The Morgan fingerprint density at radius 2 is 1.16 bits per heavy atom. The van der Waals surface area contributed by atoms with E-state index in [1.807, 2.05) is 0 Å². The minimum atomic E-state index is -4.86. The van der Waals surface area contributed by atoms with Gasteiger partial charge in [-0.1, -0.05) is 0 Å². The fraction of sp³-hybridized carbons (Fsp3) is 0.451. The zero-order valence-corrected chi connectivity index (χ0v) is 38.8. The molecule has 5 saturated carbocycles. The van der Waals surface area contributed by atoms with Crippen molar-refractivity contribution in [3.8, 4) is 22.3 Å². The van der Waals surface area contributed by atoms with E-state index >= 15 is 0 Å². The van der Waals surface area contributed by atoms with E-state index < -0.39 is 21.5 Å². The summed E-state index contributed by atoms with van der Waals surface area (Å²) in [4.78, 5) is 0. The van der Waals surface area contributed by atoms with Crippen LogP contribution in [-0.4, -0.2) is 5.92 Å². The van der Waals surface area contributed by atoms with Gasteiger partial charge in [-0.25, -0.2) is 0 Å². The molecule has 7 aliphatic carbocycles. The van der Waals surface area contributed by atoms with Gasteiger partial charge in [0.25, 0.3) is 0 Å². The van der Waals surface area contributed by atoms with Crippen molar-refractivity contribution in [1.29, 1.82) is 0 Å². The van der Waals surface area contributed by atoms with Crippen molar-refractivity contribution < 1.29 is 15.6 Å². The molecule has 4 bridgehead atoms. The second kappa shape index (κ2) is 13.5. The Morgan fingerprint density at radius 1 is 0.655 bits per heavy atom. The predicted molar refractivity (Wildman–Crippen MR) is 237 cm³/mol. The van der Waals surface area contributed by atoms with Gasteiger partial charge in [-0.2, -0.15) is 0 Å². The van der Waals surface area contributed by atoms with Crippen molar-refractivity contribution in [3.05, 3.63) is 129 Å². The first-order valence-electron chi connectivity index (χ1n) is 21.9. The van der Waals surface area contributed by atoms with E-state index in [1.165, 1.54) is 120 Å². The third kappa shape index (κ3) is 5.79. The Morgan fingerprint density at radius 3 is 1.69 bits per heavy atom. The van der Waals surface area contributed by atoms with Crippen molar-refractivity contribution in [3.63, 3.8) is 0 Å². The maximum absolute atomic E-state index is 8.84. The maximum atomic E-state index is 8.84. The van der Waals surface area contributed by atoms with E-state index in [2.05, 4.69) is 131 Å². The van der Waals surface area contributed by atoms with E-state index in [1.54, 1.807) is 11.1 Å². The fourth-order valence-electron chi connectivity index (χ4n) is 13.8. The molecule has 0 saturated heterocycles. The van der Waals surface area contributed by atoms with Gasteiger partial charge in [0.1, 0.15) is 0 Å². The Balaban J connectivity index is 1.06. The number of fused-ring (bicyclic) bond motifs is 2. The number of rotatable bonds is 8. The Bertz CT molecular complexity index is 2180. The molecule has 0 aliphatic heterocycles. The summed E-state index contributed by atoms with van der Waals surface area (Å²) in [5.74, 6) is 2.33. The molecule has 0 N–H and O–H groups in total. The van der Waals surface area contributed by atoms with E-state index in [9.17, 15) is 0 Å². The van der Waals surface area contributed by atoms with E-state index in [4.69, 9.17) is 17.0 Å². The average molecular weight is 862 g/mol. The Kier molecular flexibility index (Phi) is 9.19. The number of allylic oxidation sites excluding steroid dienone is 2. The summed E-state index contributed by atoms with van der Waals surface area (Å²) in [6.07, 6.45) is 18.9. The van der Waals surface area contributed by atoms with Crippen LogP contribution in [0.25, 0.3) is 34.4 Å². The van der Waals surface area contributed by atoms with Gasteiger partial charge in [-0.3, -0.25) is 0 Å². The van der Waals surface area contributed by atoms with Crippen LogP contribution in [-0.2, 0) is 21.0 Å². The predicted octanol–water partition coefficient (Wildman–Crippen LogP) is 15.4. The first-order valence-corrected chi connectivity index (χ1v) is 38.2. The van der Waals surface area contributed by atoms with Crippen LogP contribution in [0.5, 0.6) is 0 Å². The summed E-state index contributed by atoms with van der Waals surface area (Å²) in [5.41, 5.74) is 17.3. The number of hydrogen-bond acceptors (Lipinski definition) is 0. The molecule has 285 valence electrons. The van der Waals surface area contributed by atoms with Gasteiger partial charge >= 0.3 is 343 Å². The van der Waals surface area contributed by atoms with Crippen LogP contribution in [0.1, 0.15) is 132 Å². The molecule has 0 radical (unpaired) electrons. The van der Waals surface area contributed by atoms with Gasteiger partial charge in [-0.15, -0.1) is 0 Å². The second-order valence-corrected chi connectivity index (χ2v) is 62.4. The zero-order valence-electron chi connectivity index (χ0n) is 33.7. The Hall–Kier alpha value is -1.96. The van der Waals surface area contributed by atoms with Gasteiger partial charge in [0, 0.05) is 0 Å². The average Bonchev–Trinajstić information content (AvgIpc) is 3.92. The summed E-state index contributed by atoms with van der Waals surface area (Å²) in [7, 11) is 17.7. The first-order chi connectivity index (χ1) is 26.4. The zero-order chi connectivity index (χ0) is 37.9. The van der Waals surface area contributed by atoms with Crippen molar-refractivity contribution in [2.24, 2.45) is 23.7 Å². The molecule has 2 atom stereocenters. The molecule has 0 amide bonds. The number of hydrogen-bond donors (Lipinski definition) is 0. The summed E-state index contributed by atoms with van der Waals surface area (Å²) < 4.78 is 0.263. The monoisotopic (exact) mass is 859 g/mol. The van der Waals surface area contributed by atoms with Crippen molar-refractivity contribution >= 4 is 35.1 Å². The molecule has 4 aromatic rings. The molecule has 4 aromatic carbocycles. The summed E-state index contributed by atoms with van der Waals surface area (Å²) in [6, 6.07) is 33.4. The molecule has 4 heteroatoms. The third-order valence-electron chi connectivity index (χ3n) is 16.1. The van der Waals surface area contributed by atoms with E-state index in [0.29, 0.717) is 17.3 Å². The van der Waals surface area contributed by atoms with E-state index in [-0.39, 0.29) is 7.25 Å². The molecule has 0 nitrogen and oxygen atoms in total. The molecular weight excluding hydrogens is 803 g/mol. The topological polar surface area (TPSA) is 0 Å². The van der Waals surface area contributed by atoms with Gasteiger partial charge in [0.05, 0.1) is 0 Å². The molecule has 5 fully saturated rings. The molecule has 11 rings (SSSR count). The fourth-order valence-corrected chi connectivity index (χ4v) is 45.8. The van der Waals surface area contributed by atoms with Gasteiger partial charge in [-0.05, 0) is 0 Å². The second-order valence-electron chi connectivity index (χ2n) is 19.9. The molecule has 55 heavy (non-hydrogen) atoms. The van der Waals surface area contributed by atoms with Crippen LogP contribution >= 0.6 is 17.0 Å². The third-order valence-corrected chi connectivity index (χ3v) is 68.1. The van der Waals surface area contributed by atoms with Crippen LogP contribution in [0, 0.1) is 23.7 Å². The van der Waals surface area contributed by atoms with E-state index in [0.717, 1.165) is 17.8 Å². The molecular formula is C51H59Cl2SiZr. The minimum absolute atomic E-state index is 0.118. The van der Waals surface area contributed by atoms with Gasteiger partial charge < -0.3 is 0 Å². The van der Waals surface area contributed by atoms with Crippen LogP contribution in [0.4, 0.5) is 0 Å². The van der Waals surface area contributed by atoms with Crippen LogP contribution in [0.2, 0.25) is 13.1 Å². The standard InChI is InChI=1S/C26H27.C23H25.C2H7Si.2ClH.Zr/c1-17-9-22-3-2-4-24(25(22)10-17)21-5-7-23(8-6-21)26-14-18-11-19(15-26)13-20(12-18)16-26;1-16(2)17-10-12-19(13-11-17)22-9-5-8-20-14-21(15-23(20)22)18-6-3-4-7-18;1-3-2;;;/h2-10,18-20H,11-16H2,1H3;5,8-16,18H,3-4,6-7H2,1-2H3;3H,1-2H3;2*1H;/q;;;;;+2/p-2. The van der Waals surface area contributed by atoms with Crippen LogP contribution in [0.3, 0.4) is 0 Å². The summed E-state index contributed by atoms with van der Waals surface area (Å²) >= 11 is -4.86. The first kappa shape index (κ1) is 37.3. The van der Waals surface area contributed by atoms with Crippen LogP contribution < -0.4 is 0 Å². The Labute approximate surface area is 340 Å². The van der Waals surface area contributed by atoms with Crippen LogP contribution in [0.15, 0.2) is 96.1 Å². The summed E-state index contributed by atoms with van der Waals surface area (Å²) in [5, 5.41) is 0. The van der Waals surface area contributed by atoms with Gasteiger partial charge in [0.15, 0.2) is 0 Å². The molecule has 0 spiro atoms. The molecule has 0 heterocycles. The molecule has 0 aromatic heterocycles. The van der Waals surface area contributed by atoms with Crippen molar-refractivity contribution in [2.45, 2.75) is 117 Å². The number of benzene rings is 4. The van der Waals surface area contributed by atoms with Gasteiger partial charge in [0.2, 0.25) is 0 Å². The SMILES string of the molecule is CC1=Cc2c(-c3ccc(C45CC6CC(CC(C6)C4)C5)cc3)cccc2[CH]1[Zr]([Cl])([Cl])([CH]1C(C2CCCC2)=Cc2c(-c3ccc(C(C)C)cc3)cccc21)[SiH](C)C. The number of halogens is 2. The molecule has 7 aliphatic rings. The van der Waals surface area contributed by atoms with Crippen molar-refractivity contribution in [2.75, 3.05) is 0 Å². The normalized spacial score (nSPS) is 29.0. The van der Waals surface area contributed by atoms with Crippen molar-refractivity contribution in [1.82, 2.24) is 0 Å². The molecule has 2 unspecified atom stereocenters.